The van der Waals surface area contributed by atoms with Crippen molar-refractivity contribution in [1.29, 1.82) is 0 Å². The van der Waals surface area contributed by atoms with Crippen molar-refractivity contribution in [3.63, 3.8) is 0 Å². The topological polar surface area (TPSA) is 48.9 Å². The molecule has 0 spiro atoms. The van der Waals surface area contributed by atoms with E-state index >= 15 is 0 Å². The van der Waals surface area contributed by atoms with Crippen LogP contribution in [-0.2, 0) is 0 Å². The van der Waals surface area contributed by atoms with Crippen LogP contribution in [0.15, 0.2) is 24.3 Å². The lowest BCUT2D eigenvalue weighted by atomic mass is 10.1. The van der Waals surface area contributed by atoms with E-state index in [0.29, 0.717) is 0 Å². The molecule has 1 aromatic heterocycles. The lowest BCUT2D eigenvalue weighted by molar-refractivity contribution is 0.452. The Morgan fingerprint density at radius 1 is 1.07 bits per heavy atom. The zero-order chi connectivity index (χ0) is 10.1. The summed E-state index contributed by atoms with van der Waals surface area (Å²) in [6.07, 6.45) is 0. The number of rotatable bonds is 1. The molecule has 1 aromatic carbocycles. The fourth-order valence-corrected chi connectivity index (χ4v) is 1.59. The lowest BCUT2D eigenvalue weighted by Gasteiger charge is -2.01. The number of aromatic nitrogens is 2. The van der Waals surface area contributed by atoms with Gasteiger partial charge in [0.15, 0.2) is 0 Å². The number of hydrogen-bond acceptors (Lipinski definition) is 2. The molecule has 2 N–H and O–H groups in total. The van der Waals surface area contributed by atoms with Gasteiger partial charge in [-0.05, 0) is 26.0 Å². The first-order valence-electron chi connectivity index (χ1n) is 4.48. The molecule has 0 unspecified atom stereocenters. The molecular formula is C11H12N2O. The van der Waals surface area contributed by atoms with Gasteiger partial charge in [-0.1, -0.05) is 17.2 Å². The molecule has 0 fully saturated rings. The van der Waals surface area contributed by atoms with Crippen molar-refractivity contribution in [3.8, 4) is 17.1 Å². The van der Waals surface area contributed by atoms with Gasteiger partial charge in [0.05, 0.1) is 5.69 Å². The van der Waals surface area contributed by atoms with Gasteiger partial charge in [-0.3, -0.25) is 5.10 Å². The molecular weight excluding hydrogens is 176 g/mol. The average Bonchev–Trinajstić information content (AvgIpc) is 2.50. The molecule has 2 aromatic rings. The summed E-state index contributed by atoms with van der Waals surface area (Å²) < 4.78 is 0. The number of H-pyrrole nitrogens is 1. The van der Waals surface area contributed by atoms with E-state index in [1.807, 2.05) is 13.8 Å². The third-order valence-electron chi connectivity index (χ3n) is 2.10. The quantitative estimate of drug-likeness (QED) is 0.722. The maximum absolute atomic E-state index is 9.11. The van der Waals surface area contributed by atoms with Crippen LogP contribution in [0.3, 0.4) is 0 Å². The molecule has 0 bridgehead atoms. The predicted molar refractivity (Wildman–Crippen MR) is 55.2 cm³/mol. The monoisotopic (exact) mass is 188 g/mol. The maximum atomic E-state index is 9.11. The summed E-state index contributed by atoms with van der Waals surface area (Å²) in [7, 11) is 0. The highest BCUT2D eigenvalue weighted by atomic mass is 16.3. The third-order valence-corrected chi connectivity index (χ3v) is 2.10. The van der Waals surface area contributed by atoms with Gasteiger partial charge < -0.3 is 5.11 Å². The van der Waals surface area contributed by atoms with Gasteiger partial charge in [-0.25, -0.2) is 0 Å². The van der Waals surface area contributed by atoms with E-state index in [1.54, 1.807) is 6.07 Å². The van der Waals surface area contributed by atoms with Gasteiger partial charge in [0.1, 0.15) is 0 Å². The average molecular weight is 188 g/mol. The molecule has 14 heavy (non-hydrogen) atoms. The van der Waals surface area contributed by atoms with Crippen molar-refractivity contribution in [3.05, 3.63) is 35.4 Å². The van der Waals surface area contributed by atoms with Crippen LogP contribution in [0.1, 0.15) is 11.1 Å². The van der Waals surface area contributed by atoms with Crippen LogP contribution in [0, 0.1) is 13.8 Å². The standard InChI is InChI=1S/C11H12N2O/c1-7-3-8(2)5-9(4-7)10-6-11(14)13-12-10/h3-6H,1-2H3,(H2,12,13,14). The van der Waals surface area contributed by atoms with Gasteiger partial charge in [-0.2, -0.15) is 0 Å². The molecule has 3 heteroatoms. The van der Waals surface area contributed by atoms with Crippen LogP contribution in [0.5, 0.6) is 5.88 Å². The van der Waals surface area contributed by atoms with Crippen molar-refractivity contribution in [2.24, 2.45) is 0 Å². The van der Waals surface area contributed by atoms with E-state index in [2.05, 4.69) is 28.4 Å². The second kappa shape index (κ2) is 3.18. The SMILES string of the molecule is Cc1cc(C)cc(-c2cc(O)n[nH]2)c1. The minimum atomic E-state index is 0.0270. The van der Waals surface area contributed by atoms with Gasteiger partial charge in [0.25, 0.3) is 0 Å². The molecule has 72 valence electrons. The number of nitrogens with one attached hydrogen (secondary N) is 1. The zero-order valence-electron chi connectivity index (χ0n) is 8.20. The summed E-state index contributed by atoms with van der Waals surface area (Å²) in [6.45, 7) is 4.10. The van der Waals surface area contributed by atoms with Crippen molar-refractivity contribution < 1.29 is 5.11 Å². The van der Waals surface area contributed by atoms with Gasteiger partial charge in [0.2, 0.25) is 5.88 Å². The summed E-state index contributed by atoms with van der Waals surface area (Å²) in [6, 6.07) is 7.84. The third kappa shape index (κ3) is 1.62. The first-order chi connectivity index (χ1) is 6.65. The van der Waals surface area contributed by atoms with E-state index in [9.17, 15) is 0 Å². The number of benzene rings is 1. The molecule has 0 saturated carbocycles. The Bertz CT molecular complexity index is 440. The van der Waals surface area contributed by atoms with Crippen LogP contribution >= 0.6 is 0 Å². The molecule has 0 saturated heterocycles. The van der Waals surface area contributed by atoms with Crippen LogP contribution in [0.4, 0.5) is 0 Å². The minimum Gasteiger partial charge on any atom is -0.492 e. The van der Waals surface area contributed by atoms with Gasteiger partial charge >= 0.3 is 0 Å². The van der Waals surface area contributed by atoms with Gasteiger partial charge in [-0.15, -0.1) is 5.10 Å². The lowest BCUT2D eigenvalue weighted by Crippen LogP contribution is -1.82. The Morgan fingerprint density at radius 3 is 2.21 bits per heavy atom. The second-order valence-electron chi connectivity index (χ2n) is 3.52. The number of nitrogens with zero attached hydrogens (tertiary/aromatic N) is 1. The Balaban J connectivity index is 2.51. The summed E-state index contributed by atoms with van der Waals surface area (Å²) in [5, 5.41) is 15.6. The minimum absolute atomic E-state index is 0.0270. The number of aryl methyl sites for hydroxylation is 2. The first kappa shape index (κ1) is 8.81. The summed E-state index contributed by atoms with van der Waals surface area (Å²) in [4.78, 5) is 0. The molecule has 0 radical (unpaired) electrons. The van der Waals surface area contributed by atoms with Crippen molar-refractivity contribution >= 4 is 0 Å². The van der Waals surface area contributed by atoms with E-state index in [1.165, 1.54) is 11.1 Å². The van der Waals surface area contributed by atoms with Crippen molar-refractivity contribution in [2.45, 2.75) is 13.8 Å². The molecule has 2 rings (SSSR count). The highest BCUT2D eigenvalue weighted by molar-refractivity contribution is 5.61. The summed E-state index contributed by atoms with van der Waals surface area (Å²) in [5.74, 6) is 0.0270. The summed E-state index contributed by atoms with van der Waals surface area (Å²) >= 11 is 0. The molecule has 0 aliphatic rings. The molecule has 0 atom stereocenters. The molecule has 0 amide bonds. The Morgan fingerprint density at radius 2 is 1.71 bits per heavy atom. The Hall–Kier alpha value is -1.77. The fourth-order valence-electron chi connectivity index (χ4n) is 1.59. The van der Waals surface area contributed by atoms with E-state index < -0.39 is 0 Å². The highest BCUT2D eigenvalue weighted by Gasteiger charge is 2.03. The van der Waals surface area contributed by atoms with Crippen molar-refractivity contribution in [2.75, 3.05) is 0 Å². The molecule has 3 nitrogen and oxygen atoms in total. The van der Waals surface area contributed by atoms with E-state index in [-0.39, 0.29) is 5.88 Å². The number of aromatic amines is 1. The van der Waals surface area contributed by atoms with E-state index in [0.717, 1.165) is 11.3 Å². The summed E-state index contributed by atoms with van der Waals surface area (Å²) in [5.41, 5.74) is 4.30. The second-order valence-corrected chi connectivity index (χ2v) is 3.52. The zero-order valence-corrected chi connectivity index (χ0v) is 8.20. The molecule has 1 heterocycles. The number of aromatic hydroxyl groups is 1. The Labute approximate surface area is 82.4 Å². The molecule has 0 aliphatic carbocycles. The van der Waals surface area contributed by atoms with Crippen molar-refractivity contribution in [1.82, 2.24) is 10.2 Å². The van der Waals surface area contributed by atoms with Gasteiger partial charge in [0, 0.05) is 11.6 Å². The fraction of sp³-hybridized carbons (Fsp3) is 0.182. The van der Waals surface area contributed by atoms with E-state index in [4.69, 9.17) is 5.11 Å². The first-order valence-corrected chi connectivity index (χ1v) is 4.48. The maximum Gasteiger partial charge on any atom is 0.230 e. The number of hydrogen-bond donors (Lipinski definition) is 2. The van der Waals surface area contributed by atoms with Crippen LogP contribution < -0.4 is 0 Å². The highest BCUT2D eigenvalue weighted by Crippen LogP contribution is 2.22. The normalized spacial score (nSPS) is 10.4. The Kier molecular flexibility index (Phi) is 2.00. The van der Waals surface area contributed by atoms with Crippen LogP contribution in [0.2, 0.25) is 0 Å². The predicted octanol–water partition coefficient (Wildman–Crippen LogP) is 2.40. The molecule has 0 aliphatic heterocycles. The largest absolute Gasteiger partial charge is 0.492 e. The smallest absolute Gasteiger partial charge is 0.230 e. The van der Waals surface area contributed by atoms with Crippen LogP contribution in [0.25, 0.3) is 11.3 Å². The van der Waals surface area contributed by atoms with Crippen LogP contribution in [-0.4, -0.2) is 15.3 Å².